The van der Waals surface area contributed by atoms with E-state index in [1.54, 1.807) is 0 Å². The van der Waals surface area contributed by atoms with Gasteiger partial charge < -0.3 is 14.0 Å². The average Bonchev–Trinajstić information content (AvgIpc) is 2.50. The number of hydrogen-bond acceptors (Lipinski definition) is 7. The second-order valence-corrected chi connectivity index (χ2v) is 6.47. The van der Waals surface area contributed by atoms with E-state index in [4.69, 9.17) is 0 Å². The molecule has 0 N–H and O–H groups in total. The van der Waals surface area contributed by atoms with Crippen LogP contribution in [0.2, 0.25) is 0 Å². The van der Waals surface area contributed by atoms with Crippen LogP contribution in [0.15, 0.2) is 36.9 Å². The fraction of sp³-hybridized carbons (Fsp3) is 0.286. The summed E-state index contributed by atoms with van der Waals surface area (Å²) in [5, 5.41) is 0. The van der Waals surface area contributed by atoms with E-state index in [2.05, 4.69) is 16.1 Å². The Bertz CT molecular complexity index is 859. The molecular weight excluding hydrogens is 426 g/mol. The van der Waals surface area contributed by atoms with E-state index in [-0.39, 0.29) is 0 Å². The molecule has 1 rings (SSSR count). The van der Waals surface area contributed by atoms with Gasteiger partial charge in [0.1, 0.15) is 5.75 Å². The zero-order valence-corrected chi connectivity index (χ0v) is 14.2. The second-order valence-electron chi connectivity index (χ2n) is 5.07. The summed E-state index contributed by atoms with van der Waals surface area (Å²) in [6, 6.07) is 3.22. The van der Waals surface area contributed by atoms with Crippen LogP contribution in [-0.4, -0.2) is 48.6 Å². The first-order valence-corrected chi connectivity index (χ1v) is 8.35. The van der Waals surface area contributed by atoms with Crippen molar-refractivity contribution in [3.8, 4) is 5.75 Å². The minimum Gasteiger partial charge on any atom is -0.748 e. The highest BCUT2D eigenvalue weighted by molar-refractivity contribution is 7.85. The van der Waals surface area contributed by atoms with Crippen molar-refractivity contribution in [1.29, 1.82) is 0 Å². The molecule has 0 radical (unpaired) electrons. The molecule has 0 atom stereocenters. The number of ether oxygens (including phenoxy) is 2. The summed E-state index contributed by atoms with van der Waals surface area (Å²) in [5.74, 6) is -6.90. The van der Waals surface area contributed by atoms with Gasteiger partial charge in [0.05, 0.1) is 21.4 Å². The lowest BCUT2D eigenvalue weighted by Crippen LogP contribution is -2.63. The summed E-state index contributed by atoms with van der Waals surface area (Å²) >= 11 is 0. The first-order valence-electron chi connectivity index (χ1n) is 6.77. The molecule has 0 aliphatic rings. The maximum Gasteiger partial charge on any atom is 0.438 e. The molecule has 0 aliphatic carbocycles. The zero-order valence-electron chi connectivity index (χ0n) is 13.3. The van der Waals surface area contributed by atoms with E-state index in [0.29, 0.717) is 18.2 Å². The number of carbonyl (C=O) groups is 2. The summed E-state index contributed by atoms with van der Waals surface area (Å²) in [4.78, 5) is 22.9. The van der Waals surface area contributed by atoms with Crippen molar-refractivity contribution in [2.75, 3.05) is 5.75 Å². The molecule has 0 spiro atoms. The Balaban J connectivity index is 3.40. The third-order valence-corrected chi connectivity index (χ3v) is 3.78. The van der Waals surface area contributed by atoms with Crippen molar-refractivity contribution < 1.29 is 58.4 Å². The maximum atomic E-state index is 13.1. The van der Waals surface area contributed by atoms with Crippen molar-refractivity contribution in [3.63, 3.8) is 0 Å². The molecule has 0 fully saturated rings. The average molecular weight is 435 g/mol. The van der Waals surface area contributed by atoms with Crippen LogP contribution in [0.5, 0.6) is 5.75 Å². The van der Waals surface area contributed by atoms with Gasteiger partial charge in [-0.3, -0.25) is 0 Å². The molecule has 1 aromatic carbocycles. The first-order chi connectivity index (χ1) is 12.5. The number of halogens is 6. The smallest absolute Gasteiger partial charge is 0.438 e. The van der Waals surface area contributed by atoms with Crippen LogP contribution in [0, 0.1) is 0 Å². The van der Waals surface area contributed by atoms with Gasteiger partial charge in [0.2, 0.25) is 0 Å². The Morgan fingerprint density at radius 3 is 2.07 bits per heavy atom. The van der Waals surface area contributed by atoms with Crippen LogP contribution >= 0.6 is 0 Å². The van der Waals surface area contributed by atoms with Gasteiger partial charge >= 0.3 is 29.9 Å². The molecule has 14 heteroatoms. The lowest BCUT2D eigenvalue weighted by atomic mass is 10.1. The molecule has 0 saturated carbocycles. The molecule has 0 aliphatic heterocycles. The molecule has 28 heavy (non-hydrogen) atoms. The molecule has 0 amide bonds. The van der Waals surface area contributed by atoms with E-state index < -0.39 is 57.1 Å². The highest BCUT2D eigenvalue weighted by Crippen LogP contribution is 2.47. The number of carbonyl (C=O) groups excluding carboxylic acids is 2. The fourth-order valence-corrected chi connectivity index (χ4v) is 2.66. The number of alkyl halides is 6. The summed E-state index contributed by atoms with van der Waals surface area (Å²) < 4.78 is 119. The number of benzene rings is 1. The minimum absolute atomic E-state index is 0.458. The SMILES string of the molecule is C=CC(=O)Oc1cccc(C(=O)OC(CS(=O)(=O)[O-])(C(F)(F)F)C(F)(F)F)c1. The molecule has 1 aromatic rings. The lowest BCUT2D eigenvalue weighted by molar-refractivity contribution is -0.356. The molecule has 0 heterocycles. The van der Waals surface area contributed by atoms with Gasteiger partial charge in [0.15, 0.2) is 0 Å². The summed E-state index contributed by atoms with van der Waals surface area (Å²) in [5.41, 5.74) is -6.55. The van der Waals surface area contributed by atoms with Crippen molar-refractivity contribution in [3.05, 3.63) is 42.5 Å². The Labute approximate surface area is 153 Å². The molecular formula is C14H9F6O7S-. The first kappa shape index (κ1) is 23.4. The number of rotatable bonds is 6. The summed E-state index contributed by atoms with van der Waals surface area (Å²) in [6.07, 6.45) is -12.3. The number of esters is 2. The van der Waals surface area contributed by atoms with Crippen molar-refractivity contribution in [1.82, 2.24) is 0 Å². The van der Waals surface area contributed by atoms with Crippen LogP contribution in [0.3, 0.4) is 0 Å². The molecule has 156 valence electrons. The number of hydrogen-bond donors (Lipinski definition) is 0. The monoisotopic (exact) mass is 435 g/mol. The Kier molecular flexibility index (Phi) is 6.52. The fourth-order valence-electron chi connectivity index (χ4n) is 1.78. The van der Waals surface area contributed by atoms with Gasteiger partial charge in [-0.05, 0) is 18.2 Å². The molecule has 7 nitrogen and oxygen atoms in total. The van der Waals surface area contributed by atoms with E-state index in [0.717, 1.165) is 12.1 Å². The Morgan fingerprint density at radius 2 is 1.64 bits per heavy atom. The predicted molar refractivity (Wildman–Crippen MR) is 77.1 cm³/mol. The Morgan fingerprint density at radius 1 is 1.11 bits per heavy atom. The van der Waals surface area contributed by atoms with E-state index in [1.807, 2.05) is 0 Å². The summed E-state index contributed by atoms with van der Waals surface area (Å²) in [7, 11) is -6.15. The highest BCUT2D eigenvalue weighted by atomic mass is 32.2. The largest absolute Gasteiger partial charge is 0.748 e. The van der Waals surface area contributed by atoms with Crippen LogP contribution in [0.25, 0.3) is 0 Å². The van der Waals surface area contributed by atoms with E-state index in [1.165, 1.54) is 0 Å². The van der Waals surface area contributed by atoms with Gasteiger partial charge in [0, 0.05) is 6.08 Å². The predicted octanol–water partition coefficient (Wildman–Crippen LogP) is 2.34. The third kappa shape index (κ3) is 5.45. The third-order valence-electron chi connectivity index (χ3n) is 3.02. The van der Waals surface area contributed by atoms with Crippen LogP contribution < -0.4 is 4.74 Å². The summed E-state index contributed by atoms with van der Waals surface area (Å²) in [6.45, 7) is 3.05. The second kappa shape index (κ2) is 7.79. The lowest BCUT2D eigenvalue weighted by Gasteiger charge is -2.36. The quantitative estimate of drug-likeness (QED) is 0.222. The van der Waals surface area contributed by atoms with Crippen molar-refractivity contribution in [2.45, 2.75) is 18.0 Å². The standard InChI is InChI=1S/C14H10F6O7S/c1-2-10(21)26-9-5-3-4-8(6-9)11(22)27-12(13(15,16)17,14(18,19)20)7-28(23,24)25/h2-6H,1,7H2,(H,23,24,25)/p-1. The van der Waals surface area contributed by atoms with Gasteiger partial charge in [-0.25, -0.2) is 18.0 Å². The van der Waals surface area contributed by atoms with Crippen LogP contribution in [0.1, 0.15) is 10.4 Å². The molecule has 0 bridgehead atoms. The normalized spacial score (nSPS) is 13.0. The van der Waals surface area contributed by atoms with Gasteiger partial charge in [-0.2, -0.15) is 26.3 Å². The molecule has 0 saturated heterocycles. The molecule has 0 aromatic heterocycles. The maximum absolute atomic E-state index is 13.1. The zero-order chi connectivity index (χ0) is 22.0. The highest BCUT2D eigenvalue weighted by Gasteiger charge is 2.75. The van der Waals surface area contributed by atoms with Gasteiger partial charge in [-0.1, -0.05) is 12.6 Å². The van der Waals surface area contributed by atoms with Crippen LogP contribution in [-0.2, 0) is 19.6 Å². The topological polar surface area (TPSA) is 110 Å². The van der Waals surface area contributed by atoms with E-state index >= 15 is 0 Å². The van der Waals surface area contributed by atoms with Crippen LogP contribution in [0.4, 0.5) is 26.3 Å². The van der Waals surface area contributed by atoms with Crippen molar-refractivity contribution >= 4 is 22.1 Å². The van der Waals surface area contributed by atoms with E-state index in [9.17, 15) is 48.9 Å². The van der Waals surface area contributed by atoms with Gasteiger partial charge in [-0.15, -0.1) is 0 Å². The van der Waals surface area contributed by atoms with Gasteiger partial charge in [0.25, 0.3) is 0 Å². The Hall–Kier alpha value is -2.61. The molecule has 0 unspecified atom stereocenters. The minimum atomic E-state index is -6.49. The van der Waals surface area contributed by atoms with Crippen molar-refractivity contribution in [2.24, 2.45) is 0 Å².